The van der Waals surface area contributed by atoms with Gasteiger partial charge in [0.25, 0.3) is 0 Å². The molecule has 110 valence electrons. The quantitative estimate of drug-likeness (QED) is 0.806. The molecule has 21 heavy (non-hydrogen) atoms. The van der Waals surface area contributed by atoms with Crippen LogP contribution in [-0.4, -0.2) is 23.6 Å². The maximum absolute atomic E-state index is 6.19. The first kappa shape index (κ1) is 13.8. The third-order valence-electron chi connectivity index (χ3n) is 3.53. The smallest absolute Gasteiger partial charge is 0.196 e. The second kappa shape index (κ2) is 4.96. The summed E-state index contributed by atoms with van der Waals surface area (Å²) < 4.78 is 12.8. The summed E-state index contributed by atoms with van der Waals surface area (Å²) in [7, 11) is 3.31. The number of nitrogens with zero attached hydrogens (tertiary/aromatic N) is 2. The number of ether oxygens (including phenoxy) is 2. The average Bonchev–Trinajstić information content (AvgIpc) is 2.94. The van der Waals surface area contributed by atoms with Crippen LogP contribution in [0.2, 0.25) is 0 Å². The van der Waals surface area contributed by atoms with Crippen LogP contribution in [0.1, 0.15) is 10.6 Å². The van der Waals surface area contributed by atoms with Gasteiger partial charge in [0.1, 0.15) is 17.3 Å². The number of fused-ring (bicyclic) bond motifs is 1. The highest BCUT2D eigenvalue weighted by atomic mass is 32.1. The third-order valence-corrected chi connectivity index (χ3v) is 4.49. The van der Waals surface area contributed by atoms with Crippen molar-refractivity contribution in [2.24, 2.45) is 0 Å². The molecule has 0 fully saturated rings. The van der Waals surface area contributed by atoms with Crippen LogP contribution < -0.4 is 15.2 Å². The molecular weight excluding hydrogens is 286 g/mol. The third kappa shape index (κ3) is 2.03. The van der Waals surface area contributed by atoms with Crippen molar-refractivity contribution in [1.29, 1.82) is 0 Å². The molecule has 0 radical (unpaired) electrons. The molecule has 2 heterocycles. The van der Waals surface area contributed by atoms with Gasteiger partial charge in [-0.2, -0.15) is 0 Å². The van der Waals surface area contributed by atoms with Gasteiger partial charge in [0.05, 0.1) is 25.6 Å². The lowest BCUT2D eigenvalue weighted by molar-refractivity contribution is 0.404. The van der Waals surface area contributed by atoms with Gasteiger partial charge in [0.2, 0.25) is 0 Å². The van der Waals surface area contributed by atoms with Crippen LogP contribution in [0, 0.1) is 13.8 Å². The van der Waals surface area contributed by atoms with Gasteiger partial charge >= 0.3 is 0 Å². The first-order chi connectivity index (χ1) is 10.1. The van der Waals surface area contributed by atoms with Crippen LogP contribution in [0.4, 0.5) is 5.82 Å². The molecule has 3 rings (SSSR count). The normalized spacial score (nSPS) is 11.0. The van der Waals surface area contributed by atoms with E-state index in [9.17, 15) is 0 Å². The van der Waals surface area contributed by atoms with E-state index in [4.69, 9.17) is 15.2 Å². The minimum atomic E-state index is 0.661. The lowest BCUT2D eigenvalue weighted by Crippen LogP contribution is -1.98. The van der Waals surface area contributed by atoms with Crippen LogP contribution >= 0.6 is 11.3 Å². The number of aromatic nitrogens is 2. The number of benzene rings is 1. The first-order valence-corrected chi connectivity index (χ1v) is 7.34. The van der Waals surface area contributed by atoms with Crippen molar-refractivity contribution < 1.29 is 9.47 Å². The molecule has 0 spiro atoms. The summed E-state index contributed by atoms with van der Waals surface area (Å²) in [4.78, 5) is 6.53. The van der Waals surface area contributed by atoms with Crippen molar-refractivity contribution in [2.75, 3.05) is 20.0 Å². The Morgan fingerprint density at radius 2 is 1.95 bits per heavy atom. The van der Waals surface area contributed by atoms with E-state index in [1.807, 2.05) is 29.5 Å². The number of thiazole rings is 1. The number of nitrogens with two attached hydrogens (primary N) is 1. The van der Waals surface area contributed by atoms with Crippen molar-refractivity contribution in [3.05, 3.63) is 28.8 Å². The number of aryl methyl sites for hydroxylation is 2. The molecule has 0 unspecified atom stereocenters. The Morgan fingerprint density at radius 1 is 1.19 bits per heavy atom. The Bertz CT molecular complexity index is 820. The predicted octanol–water partition coefficient (Wildman–Crippen LogP) is 3.28. The first-order valence-electron chi connectivity index (χ1n) is 6.53. The molecule has 0 aliphatic heterocycles. The minimum Gasteiger partial charge on any atom is -0.497 e. The molecule has 6 heteroatoms. The molecule has 3 aromatic rings. The average molecular weight is 303 g/mol. The van der Waals surface area contributed by atoms with Crippen LogP contribution in [0.5, 0.6) is 11.5 Å². The molecule has 0 saturated carbocycles. The molecule has 0 aliphatic rings. The van der Waals surface area contributed by atoms with E-state index in [2.05, 4.69) is 11.9 Å². The van der Waals surface area contributed by atoms with Gasteiger partial charge in [-0.1, -0.05) is 0 Å². The minimum absolute atomic E-state index is 0.661. The monoisotopic (exact) mass is 303 g/mol. The second-order valence-corrected chi connectivity index (χ2v) is 5.96. The number of methoxy groups -OCH3 is 2. The highest BCUT2D eigenvalue weighted by Gasteiger charge is 2.20. The maximum atomic E-state index is 6.19. The van der Waals surface area contributed by atoms with Crippen LogP contribution in [0.15, 0.2) is 18.2 Å². The highest BCUT2D eigenvalue weighted by Crippen LogP contribution is 2.40. The van der Waals surface area contributed by atoms with Gasteiger partial charge in [-0.15, -0.1) is 11.3 Å². The summed E-state index contributed by atoms with van der Waals surface area (Å²) in [6, 6.07) is 5.74. The van der Waals surface area contributed by atoms with Crippen LogP contribution in [0.25, 0.3) is 16.2 Å². The van der Waals surface area contributed by atoms with Crippen molar-refractivity contribution in [3.8, 4) is 22.8 Å². The van der Waals surface area contributed by atoms with E-state index in [0.29, 0.717) is 5.82 Å². The summed E-state index contributed by atoms with van der Waals surface area (Å²) >= 11 is 1.62. The van der Waals surface area contributed by atoms with Crippen LogP contribution in [-0.2, 0) is 0 Å². The van der Waals surface area contributed by atoms with Crippen molar-refractivity contribution in [2.45, 2.75) is 13.8 Å². The summed E-state index contributed by atoms with van der Waals surface area (Å²) in [5.74, 6) is 2.22. The molecule has 2 aromatic heterocycles. The number of rotatable bonds is 3. The number of hydrogen-bond donors (Lipinski definition) is 1. The van der Waals surface area contributed by atoms with Gasteiger partial charge in [0, 0.05) is 10.4 Å². The predicted molar refractivity (Wildman–Crippen MR) is 85.5 cm³/mol. The molecular formula is C15H17N3O2S. The molecule has 2 N–H and O–H groups in total. The molecule has 0 amide bonds. The summed E-state index contributed by atoms with van der Waals surface area (Å²) in [6.45, 7) is 3.97. The van der Waals surface area contributed by atoms with Gasteiger partial charge in [-0.25, -0.2) is 4.98 Å². The molecule has 0 atom stereocenters. The zero-order valence-corrected chi connectivity index (χ0v) is 13.2. The van der Waals surface area contributed by atoms with Gasteiger partial charge < -0.3 is 15.2 Å². The molecule has 0 aliphatic carbocycles. The van der Waals surface area contributed by atoms with Crippen molar-refractivity contribution in [1.82, 2.24) is 9.38 Å². The summed E-state index contributed by atoms with van der Waals surface area (Å²) in [5.41, 5.74) is 8.98. The summed E-state index contributed by atoms with van der Waals surface area (Å²) in [6.07, 6.45) is 0. The van der Waals surface area contributed by atoms with E-state index in [-0.39, 0.29) is 0 Å². The zero-order valence-electron chi connectivity index (χ0n) is 12.4. The Kier molecular flexibility index (Phi) is 3.25. The fourth-order valence-electron chi connectivity index (χ4n) is 2.45. The Labute approximate surface area is 126 Å². The molecule has 0 bridgehead atoms. The van der Waals surface area contributed by atoms with Crippen LogP contribution in [0.3, 0.4) is 0 Å². The fraction of sp³-hybridized carbons (Fsp3) is 0.267. The van der Waals surface area contributed by atoms with Crippen molar-refractivity contribution in [3.63, 3.8) is 0 Å². The summed E-state index contributed by atoms with van der Waals surface area (Å²) in [5, 5.41) is 0. The van der Waals surface area contributed by atoms with E-state index in [0.717, 1.165) is 38.3 Å². The zero-order chi connectivity index (χ0) is 15.1. The molecule has 1 aromatic carbocycles. The SMILES string of the molecule is COc1ccc(OC)c(-c2c(C)sc3nc(C)c(N)n23)c1. The second-order valence-electron chi connectivity index (χ2n) is 4.77. The Hall–Kier alpha value is -2.21. The molecule has 5 nitrogen and oxygen atoms in total. The van der Waals surface area contributed by atoms with E-state index >= 15 is 0 Å². The number of imidazole rings is 1. The lowest BCUT2D eigenvalue weighted by atomic mass is 10.1. The Morgan fingerprint density at radius 3 is 2.62 bits per heavy atom. The largest absolute Gasteiger partial charge is 0.497 e. The fourth-order valence-corrected chi connectivity index (χ4v) is 3.49. The molecule has 0 saturated heterocycles. The maximum Gasteiger partial charge on any atom is 0.196 e. The van der Waals surface area contributed by atoms with Gasteiger partial charge in [-0.05, 0) is 32.0 Å². The number of nitrogen functional groups attached to an aromatic ring is 1. The number of hydrogen-bond acceptors (Lipinski definition) is 5. The van der Waals surface area contributed by atoms with Crippen molar-refractivity contribution >= 4 is 22.1 Å². The standard InChI is InChI=1S/C15H17N3O2S/c1-8-14(16)18-13(9(2)21-15(18)17-8)11-7-10(19-3)5-6-12(11)20-4/h5-7H,16H2,1-4H3. The van der Waals surface area contributed by atoms with E-state index in [1.165, 1.54) is 0 Å². The number of anilines is 1. The Balaban J connectivity index is 2.36. The lowest BCUT2D eigenvalue weighted by Gasteiger charge is -2.11. The topological polar surface area (TPSA) is 61.8 Å². The van der Waals surface area contributed by atoms with Gasteiger partial charge in [-0.3, -0.25) is 4.40 Å². The van der Waals surface area contributed by atoms with Gasteiger partial charge in [0.15, 0.2) is 4.96 Å². The highest BCUT2D eigenvalue weighted by molar-refractivity contribution is 7.17. The van der Waals surface area contributed by atoms with E-state index < -0.39 is 0 Å². The van der Waals surface area contributed by atoms with E-state index in [1.54, 1.807) is 25.6 Å².